The molecule has 0 aromatic rings. The van der Waals surface area contributed by atoms with Crippen LogP contribution < -0.4 is 5.32 Å². The zero-order chi connectivity index (χ0) is 9.03. The van der Waals surface area contributed by atoms with Crippen LogP contribution in [0.2, 0.25) is 0 Å². The summed E-state index contributed by atoms with van der Waals surface area (Å²) < 4.78 is 4.86. The molecule has 0 bridgehead atoms. The molecule has 1 saturated heterocycles. The molecule has 0 aromatic heterocycles. The van der Waals surface area contributed by atoms with Gasteiger partial charge in [0.1, 0.15) is 5.54 Å². The molecule has 2 N–H and O–H groups in total. The Labute approximate surface area is 71.9 Å². The number of esters is 1. The smallest absolute Gasteiger partial charge is 0.328 e. The maximum Gasteiger partial charge on any atom is 0.328 e. The van der Waals surface area contributed by atoms with Crippen molar-refractivity contribution in [1.29, 1.82) is 0 Å². The first-order valence-electron chi connectivity index (χ1n) is 4.28. The molecule has 0 spiro atoms. The Hall–Kier alpha value is -0.610. The van der Waals surface area contributed by atoms with Crippen LogP contribution in [0, 0.1) is 0 Å². The quantitative estimate of drug-likeness (QED) is 0.573. The second-order valence-electron chi connectivity index (χ2n) is 2.99. The molecule has 0 radical (unpaired) electrons. The van der Waals surface area contributed by atoms with Gasteiger partial charge in [0.2, 0.25) is 0 Å². The molecule has 70 valence electrons. The third kappa shape index (κ3) is 1.59. The van der Waals surface area contributed by atoms with E-state index >= 15 is 0 Å². The average Bonchev–Trinajstić information content (AvgIpc) is 2.54. The third-order valence-electron chi connectivity index (χ3n) is 2.18. The van der Waals surface area contributed by atoms with Crippen LogP contribution in [-0.4, -0.2) is 36.4 Å². The standard InChI is InChI=1S/C8H15NO3/c1-2-12-7(11)8(6-10)4-3-5-9-8/h9-10H,2-6H2,1H3/t8-/m0/s1. The molecule has 0 aliphatic carbocycles. The first-order valence-corrected chi connectivity index (χ1v) is 4.28. The molecular formula is C8H15NO3. The van der Waals surface area contributed by atoms with Gasteiger partial charge in [0.05, 0.1) is 13.2 Å². The van der Waals surface area contributed by atoms with E-state index in [9.17, 15) is 4.79 Å². The highest BCUT2D eigenvalue weighted by Gasteiger charge is 2.41. The van der Waals surface area contributed by atoms with E-state index in [1.807, 2.05) is 0 Å². The summed E-state index contributed by atoms with van der Waals surface area (Å²) in [7, 11) is 0. The summed E-state index contributed by atoms with van der Waals surface area (Å²) in [6, 6.07) is 0. The second kappa shape index (κ2) is 3.87. The van der Waals surface area contributed by atoms with Gasteiger partial charge in [-0.25, -0.2) is 4.79 Å². The highest BCUT2D eigenvalue weighted by atomic mass is 16.5. The molecule has 4 nitrogen and oxygen atoms in total. The van der Waals surface area contributed by atoms with Gasteiger partial charge in [-0.1, -0.05) is 0 Å². The number of carbonyl (C=O) groups is 1. The lowest BCUT2D eigenvalue weighted by atomic mass is 9.99. The maximum absolute atomic E-state index is 11.4. The Kier molecular flexibility index (Phi) is 3.05. The Morgan fingerprint density at radius 1 is 1.75 bits per heavy atom. The van der Waals surface area contributed by atoms with Gasteiger partial charge in [0.15, 0.2) is 0 Å². The zero-order valence-corrected chi connectivity index (χ0v) is 7.30. The van der Waals surface area contributed by atoms with Gasteiger partial charge in [-0.05, 0) is 26.3 Å². The van der Waals surface area contributed by atoms with Gasteiger partial charge in [-0.15, -0.1) is 0 Å². The van der Waals surface area contributed by atoms with E-state index in [0.717, 1.165) is 13.0 Å². The van der Waals surface area contributed by atoms with Crippen LogP contribution in [0.1, 0.15) is 19.8 Å². The lowest BCUT2D eigenvalue weighted by Gasteiger charge is -2.23. The molecule has 0 unspecified atom stereocenters. The summed E-state index contributed by atoms with van der Waals surface area (Å²) in [6.45, 7) is 2.73. The van der Waals surface area contributed by atoms with Gasteiger partial charge in [0, 0.05) is 0 Å². The van der Waals surface area contributed by atoms with E-state index in [2.05, 4.69) is 5.32 Å². The molecule has 1 atom stereocenters. The number of carbonyl (C=O) groups excluding carboxylic acids is 1. The predicted octanol–water partition coefficient (Wildman–Crippen LogP) is -0.336. The van der Waals surface area contributed by atoms with Crippen LogP contribution in [0.4, 0.5) is 0 Å². The molecule has 1 aliphatic heterocycles. The van der Waals surface area contributed by atoms with Crippen molar-refractivity contribution in [2.24, 2.45) is 0 Å². The fraction of sp³-hybridized carbons (Fsp3) is 0.875. The zero-order valence-electron chi connectivity index (χ0n) is 7.30. The number of hydrogen-bond acceptors (Lipinski definition) is 4. The van der Waals surface area contributed by atoms with Gasteiger partial charge >= 0.3 is 5.97 Å². The first kappa shape index (κ1) is 9.48. The van der Waals surface area contributed by atoms with E-state index in [-0.39, 0.29) is 12.6 Å². The van der Waals surface area contributed by atoms with Crippen LogP contribution in [0.25, 0.3) is 0 Å². The van der Waals surface area contributed by atoms with E-state index in [1.165, 1.54) is 0 Å². The minimum Gasteiger partial charge on any atom is -0.465 e. The highest BCUT2D eigenvalue weighted by molar-refractivity contribution is 5.81. The van der Waals surface area contributed by atoms with Crippen LogP contribution in [-0.2, 0) is 9.53 Å². The third-order valence-corrected chi connectivity index (χ3v) is 2.18. The van der Waals surface area contributed by atoms with E-state index in [4.69, 9.17) is 9.84 Å². The minimum absolute atomic E-state index is 0.175. The van der Waals surface area contributed by atoms with Crippen molar-refractivity contribution in [3.05, 3.63) is 0 Å². The van der Waals surface area contributed by atoms with E-state index in [1.54, 1.807) is 6.92 Å². The Morgan fingerprint density at radius 3 is 2.92 bits per heavy atom. The fourth-order valence-corrected chi connectivity index (χ4v) is 1.45. The second-order valence-corrected chi connectivity index (χ2v) is 2.99. The van der Waals surface area contributed by atoms with E-state index < -0.39 is 5.54 Å². The summed E-state index contributed by atoms with van der Waals surface area (Å²) in [5.74, 6) is -0.329. The van der Waals surface area contributed by atoms with Crippen LogP contribution in [0.5, 0.6) is 0 Å². The van der Waals surface area contributed by atoms with Crippen molar-refractivity contribution in [2.45, 2.75) is 25.3 Å². The maximum atomic E-state index is 11.4. The first-order chi connectivity index (χ1) is 5.75. The number of hydrogen-bond donors (Lipinski definition) is 2. The Bertz CT molecular complexity index is 164. The lowest BCUT2D eigenvalue weighted by molar-refractivity contribution is -0.152. The normalized spacial score (nSPS) is 28.8. The summed E-state index contributed by atoms with van der Waals surface area (Å²) >= 11 is 0. The molecule has 1 aliphatic rings. The number of rotatable bonds is 3. The van der Waals surface area contributed by atoms with Gasteiger partial charge in [-0.3, -0.25) is 5.32 Å². The molecule has 12 heavy (non-hydrogen) atoms. The fourth-order valence-electron chi connectivity index (χ4n) is 1.45. The van der Waals surface area contributed by atoms with Crippen LogP contribution in [0.3, 0.4) is 0 Å². The summed E-state index contributed by atoms with van der Waals surface area (Å²) in [5, 5.41) is 12.0. The van der Waals surface area contributed by atoms with Gasteiger partial charge in [0.25, 0.3) is 0 Å². The Morgan fingerprint density at radius 2 is 2.50 bits per heavy atom. The molecule has 0 aromatic carbocycles. The van der Waals surface area contributed by atoms with Gasteiger partial charge < -0.3 is 9.84 Å². The van der Waals surface area contributed by atoms with Crippen molar-refractivity contribution in [3.8, 4) is 0 Å². The SMILES string of the molecule is CCOC(=O)[C@@]1(CO)CCCN1. The topological polar surface area (TPSA) is 58.6 Å². The molecule has 1 rings (SSSR count). The van der Waals surface area contributed by atoms with Crippen molar-refractivity contribution in [3.63, 3.8) is 0 Å². The Balaban J connectivity index is 2.59. The molecule has 1 fully saturated rings. The largest absolute Gasteiger partial charge is 0.465 e. The van der Waals surface area contributed by atoms with Crippen LogP contribution in [0.15, 0.2) is 0 Å². The van der Waals surface area contributed by atoms with Crippen molar-refractivity contribution >= 4 is 5.97 Å². The average molecular weight is 173 g/mol. The highest BCUT2D eigenvalue weighted by Crippen LogP contribution is 2.20. The number of aliphatic hydroxyl groups excluding tert-OH is 1. The monoisotopic (exact) mass is 173 g/mol. The minimum atomic E-state index is -0.810. The molecular weight excluding hydrogens is 158 g/mol. The number of ether oxygens (including phenoxy) is 1. The van der Waals surface area contributed by atoms with E-state index in [0.29, 0.717) is 13.0 Å². The molecule has 4 heteroatoms. The van der Waals surface area contributed by atoms with Gasteiger partial charge in [-0.2, -0.15) is 0 Å². The summed E-state index contributed by atoms with van der Waals surface area (Å²) in [6.07, 6.45) is 1.59. The number of nitrogens with one attached hydrogen (secondary N) is 1. The summed E-state index contributed by atoms with van der Waals surface area (Å²) in [5.41, 5.74) is -0.810. The molecule has 1 heterocycles. The van der Waals surface area contributed by atoms with Crippen molar-refractivity contribution in [1.82, 2.24) is 5.32 Å². The molecule has 0 amide bonds. The molecule has 0 saturated carbocycles. The van der Waals surface area contributed by atoms with Crippen LogP contribution >= 0.6 is 0 Å². The summed E-state index contributed by atoms with van der Waals surface area (Å²) in [4.78, 5) is 11.4. The predicted molar refractivity (Wildman–Crippen MR) is 43.7 cm³/mol. The number of aliphatic hydroxyl groups is 1. The van der Waals surface area contributed by atoms with Crippen molar-refractivity contribution in [2.75, 3.05) is 19.8 Å². The van der Waals surface area contributed by atoms with Crippen molar-refractivity contribution < 1.29 is 14.6 Å². The lowest BCUT2D eigenvalue weighted by Crippen LogP contribution is -2.51.